The van der Waals surface area contributed by atoms with E-state index in [1.165, 1.54) is 11.8 Å². The fourth-order valence-corrected chi connectivity index (χ4v) is 3.50. The van der Waals surface area contributed by atoms with Crippen molar-refractivity contribution in [3.05, 3.63) is 54.4 Å². The second-order valence-electron chi connectivity index (χ2n) is 5.95. The lowest BCUT2D eigenvalue weighted by atomic mass is 10.0. The normalized spacial score (nSPS) is 13.2. The molecule has 0 aliphatic carbocycles. The van der Waals surface area contributed by atoms with Gasteiger partial charge in [0.05, 0.1) is 11.3 Å². The molecule has 25 heavy (non-hydrogen) atoms. The first-order valence-electron chi connectivity index (χ1n) is 8.59. The minimum atomic E-state index is -0.254. The summed E-state index contributed by atoms with van der Waals surface area (Å²) in [6.07, 6.45) is 3.73. The van der Waals surface area contributed by atoms with Crippen LogP contribution in [-0.2, 0) is 11.3 Å². The van der Waals surface area contributed by atoms with Gasteiger partial charge in [0.1, 0.15) is 5.82 Å². The molecule has 1 aromatic heterocycles. The molecule has 1 N–H and O–H groups in total. The van der Waals surface area contributed by atoms with Crippen molar-refractivity contribution in [1.29, 1.82) is 0 Å². The van der Waals surface area contributed by atoms with Crippen LogP contribution < -0.4 is 5.32 Å². The molecule has 0 aliphatic rings. The van der Waals surface area contributed by atoms with Crippen LogP contribution in [0.2, 0.25) is 0 Å². The van der Waals surface area contributed by atoms with Gasteiger partial charge < -0.3 is 9.88 Å². The first kappa shape index (κ1) is 19.2. The second-order valence-corrected chi connectivity index (χ2v) is 7.26. The van der Waals surface area contributed by atoms with E-state index < -0.39 is 0 Å². The lowest BCUT2D eigenvalue weighted by Crippen LogP contribution is -2.34. The number of allylic oxidation sites excluding steroid dienone is 1. The topological polar surface area (TPSA) is 59.8 Å². The van der Waals surface area contributed by atoms with Crippen LogP contribution in [0, 0.1) is 6.92 Å². The summed E-state index contributed by atoms with van der Waals surface area (Å²) in [6.45, 7) is 10.3. The van der Waals surface area contributed by atoms with E-state index in [2.05, 4.69) is 41.1 Å². The molecule has 0 spiro atoms. The van der Waals surface area contributed by atoms with Crippen LogP contribution in [0.25, 0.3) is 0 Å². The Balaban J connectivity index is 2.05. The van der Waals surface area contributed by atoms with Crippen molar-refractivity contribution in [1.82, 2.24) is 20.1 Å². The molecule has 0 fully saturated rings. The molecule has 1 heterocycles. The number of amides is 1. The van der Waals surface area contributed by atoms with Gasteiger partial charge in [0.2, 0.25) is 5.91 Å². The average Bonchev–Trinajstić information content (AvgIpc) is 2.95. The third-order valence-corrected chi connectivity index (χ3v) is 5.04. The van der Waals surface area contributed by atoms with Crippen LogP contribution in [0.1, 0.15) is 44.1 Å². The van der Waals surface area contributed by atoms with E-state index >= 15 is 0 Å². The lowest BCUT2D eigenvalue weighted by Gasteiger charge is -2.21. The fourth-order valence-electron chi connectivity index (χ4n) is 2.58. The van der Waals surface area contributed by atoms with Crippen molar-refractivity contribution in [3.63, 3.8) is 0 Å². The molecule has 6 heteroatoms. The third kappa shape index (κ3) is 5.19. The number of aryl methyl sites for hydroxylation is 1. The highest BCUT2D eigenvalue weighted by Crippen LogP contribution is 2.24. The largest absolute Gasteiger partial charge is 0.348 e. The van der Waals surface area contributed by atoms with E-state index in [0.717, 1.165) is 29.4 Å². The summed E-state index contributed by atoms with van der Waals surface area (Å²) in [5, 5.41) is 11.9. The molecule has 1 amide bonds. The number of hydrogen-bond donors (Lipinski definition) is 1. The maximum absolute atomic E-state index is 12.7. The third-order valence-electron chi connectivity index (χ3n) is 3.96. The molecular formula is C19H26N4OS. The molecule has 0 unspecified atom stereocenters. The van der Waals surface area contributed by atoms with Gasteiger partial charge in [-0.2, -0.15) is 0 Å². The zero-order valence-corrected chi connectivity index (χ0v) is 15.9. The number of rotatable bonds is 9. The Bertz CT molecular complexity index is 699. The number of hydrogen-bond acceptors (Lipinski definition) is 4. The number of carbonyl (C=O) groups is 1. The minimum absolute atomic E-state index is 0.0121. The van der Waals surface area contributed by atoms with Gasteiger partial charge in [0.15, 0.2) is 5.16 Å². The summed E-state index contributed by atoms with van der Waals surface area (Å²) in [4.78, 5) is 12.7. The van der Waals surface area contributed by atoms with Crippen molar-refractivity contribution >= 4 is 17.7 Å². The van der Waals surface area contributed by atoms with E-state index in [1.807, 2.05) is 36.6 Å². The fraction of sp³-hybridized carbons (Fsp3) is 0.421. The van der Waals surface area contributed by atoms with E-state index in [0.29, 0.717) is 6.54 Å². The first-order chi connectivity index (χ1) is 12.1. The smallest absolute Gasteiger partial charge is 0.233 e. The molecular weight excluding hydrogens is 332 g/mol. The maximum atomic E-state index is 12.7. The molecule has 0 radical (unpaired) electrons. The molecule has 5 nitrogen and oxygen atoms in total. The molecule has 2 atom stereocenters. The van der Waals surface area contributed by atoms with Crippen molar-refractivity contribution in [2.45, 2.75) is 56.6 Å². The van der Waals surface area contributed by atoms with Gasteiger partial charge in [-0.25, -0.2) is 0 Å². The molecule has 0 bridgehead atoms. The standard InChI is InChI=1S/C19H26N4OS/c1-5-10-17(16-11-8-7-9-12-16)20-18(24)14(3)25-19-22-21-15(4)23(19)13-6-2/h6-9,11-12,14,17H,2,5,10,13H2,1,3-4H3,(H,20,24)/t14-,17+/m0/s1. The van der Waals surface area contributed by atoms with Gasteiger partial charge in [-0.15, -0.1) is 16.8 Å². The monoisotopic (exact) mass is 358 g/mol. The summed E-state index contributed by atoms with van der Waals surface area (Å²) in [7, 11) is 0. The van der Waals surface area contributed by atoms with Gasteiger partial charge in [-0.05, 0) is 25.8 Å². The average molecular weight is 359 g/mol. The second kappa shape index (κ2) is 9.42. The number of carbonyl (C=O) groups excluding carboxylic acids is 1. The van der Waals surface area contributed by atoms with Crippen LogP contribution in [-0.4, -0.2) is 25.9 Å². The van der Waals surface area contributed by atoms with Crippen LogP contribution in [0.15, 0.2) is 48.1 Å². The minimum Gasteiger partial charge on any atom is -0.348 e. The van der Waals surface area contributed by atoms with Gasteiger partial charge in [-0.1, -0.05) is 61.5 Å². The summed E-state index contributed by atoms with van der Waals surface area (Å²) >= 11 is 1.42. The molecule has 1 aromatic carbocycles. The Hall–Kier alpha value is -2.08. The summed E-state index contributed by atoms with van der Waals surface area (Å²) < 4.78 is 1.96. The Morgan fingerprint density at radius 1 is 1.36 bits per heavy atom. The van der Waals surface area contributed by atoms with Crippen LogP contribution in [0.3, 0.4) is 0 Å². The quantitative estimate of drug-likeness (QED) is 0.545. The van der Waals surface area contributed by atoms with Crippen molar-refractivity contribution in [2.75, 3.05) is 0 Å². The first-order valence-corrected chi connectivity index (χ1v) is 9.47. The van der Waals surface area contributed by atoms with Gasteiger partial charge in [0, 0.05) is 6.54 Å². The SMILES string of the molecule is C=CCn1c(C)nnc1S[C@@H](C)C(=O)N[C@H](CCC)c1ccccc1. The van der Waals surface area contributed by atoms with Crippen LogP contribution in [0.4, 0.5) is 0 Å². The highest BCUT2D eigenvalue weighted by Gasteiger charge is 2.22. The van der Waals surface area contributed by atoms with Crippen molar-refractivity contribution in [3.8, 4) is 0 Å². The predicted octanol–water partition coefficient (Wildman–Crippen LogP) is 3.91. The van der Waals surface area contributed by atoms with E-state index in [1.54, 1.807) is 6.08 Å². The molecule has 134 valence electrons. The Labute approximate surface area is 153 Å². The van der Waals surface area contributed by atoms with Crippen molar-refractivity contribution in [2.24, 2.45) is 0 Å². The lowest BCUT2D eigenvalue weighted by molar-refractivity contribution is -0.121. The maximum Gasteiger partial charge on any atom is 0.233 e. The highest BCUT2D eigenvalue weighted by molar-refractivity contribution is 8.00. The summed E-state index contributed by atoms with van der Waals surface area (Å²) in [5.74, 6) is 0.835. The van der Waals surface area contributed by atoms with E-state index in [9.17, 15) is 4.79 Å². The van der Waals surface area contributed by atoms with E-state index in [-0.39, 0.29) is 17.2 Å². The van der Waals surface area contributed by atoms with E-state index in [4.69, 9.17) is 0 Å². The number of nitrogens with zero attached hydrogens (tertiary/aromatic N) is 3. The van der Waals surface area contributed by atoms with Gasteiger partial charge >= 0.3 is 0 Å². The number of thioether (sulfide) groups is 1. The number of aromatic nitrogens is 3. The predicted molar refractivity (Wildman–Crippen MR) is 103 cm³/mol. The van der Waals surface area contributed by atoms with Crippen LogP contribution in [0.5, 0.6) is 0 Å². The number of benzene rings is 1. The zero-order chi connectivity index (χ0) is 18.2. The number of nitrogens with one attached hydrogen (secondary N) is 1. The Kier molecular flexibility index (Phi) is 7.25. The molecule has 2 rings (SSSR count). The molecule has 0 saturated heterocycles. The summed E-state index contributed by atoms with van der Waals surface area (Å²) in [5.41, 5.74) is 1.14. The zero-order valence-electron chi connectivity index (χ0n) is 15.1. The van der Waals surface area contributed by atoms with Crippen molar-refractivity contribution < 1.29 is 4.79 Å². The highest BCUT2D eigenvalue weighted by atomic mass is 32.2. The molecule has 0 saturated carbocycles. The van der Waals surface area contributed by atoms with Crippen LogP contribution >= 0.6 is 11.8 Å². The molecule has 0 aliphatic heterocycles. The summed E-state index contributed by atoms with van der Waals surface area (Å²) in [6, 6.07) is 10.1. The van der Waals surface area contributed by atoms with Gasteiger partial charge in [0.25, 0.3) is 0 Å². The Morgan fingerprint density at radius 2 is 2.08 bits per heavy atom. The Morgan fingerprint density at radius 3 is 2.72 bits per heavy atom. The molecule has 2 aromatic rings. The van der Waals surface area contributed by atoms with Gasteiger partial charge in [-0.3, -0.25) is 4.79 Å².